The van der Waals surface area contributed by atoms with Gasteiger partial charge in [-0.2, -0.15) is 0 Å². The monoisotopic (exact) mass is 521 g/mol. The molecule has 0 saturated carbocycles. The number of nitrogens with zero attached hydrogens (tertiary/aromatic N) is 2. The Kier molecular flexibility index (Phi) is 8.84. The summed E-state index contributed by atoms with van der Waals surface area (Å²) in [5.41, 5.74) is 2.61. The van der Waals surface area contributed by atoms with Crippen LogP contribution in [0.3, 0.4) is 0 Å². The Morgan fingerprint density at radius 1 is 0.919 bits per heavy atom. The lowest BCUT2D eigenvalue weighted by atomic mass is 10.1. The molecule has 3 aromatic carbocycles. The summed E-state index contributed by atoms with van der Waals surface area (Å²) in [5.74, 6) is 0.893. The van der Waals surface area contributed by atoms with Gasteiger partial charge < -0.3 is 10.1 Å². The molecule has 1 amide bonds. The summed E-state index contributed by atoms with van der Waals surface area (Å²) in [5, 5.41) is 2.91. The van der Waals surface area contributed by atoms with Gasteiger partial charge in [-0.25, -0.2) is 8.42 Å². The van der Waals surface area contributed by atoms with Crippen molar-refractivity contribution in [1.29, 1.82) is 0 Å². The number of sulfonamides is 1. The molecule has 0 radical (unpaired) electrons. The molecule has 0 spiro atoms. The van der Waals surface area contributed by atoms with Gasteiger partial charge in [0.2, 0.25) is 15.9 Å². The van der Waals surface area contributed by atoms with Gasteiger partial charge in [-0.05, 0) is 80.4 Å². The van der Waals surface area contributed by atoms with Gasteiger partial charge in [-0.15, -0.1) is 0 Å². The van der Waals surface area contributed by atoms with Crippen LogP contribution >= 0.6 is 0 Å². The van der Waals surface area contributed by atoms with Crippen LogP contribution in [0, 0.1) is 0 Å². The normalized spacial score (nSPS) is 15.1. The Bertz CT molecular complexity index is 1270. The number of hydrogen-bond acceptors (Lipinski definition) is 5. The van der Waals surface area contributed by atoms with Crippen molar-refractivity contribution in [2.45, 2.75) is 45.3 Å². The van der Waals surface area contributed by atoms with Crippen LogP contribution < -0.4 is 14.4 Å². The number of hydrogen-bond donors (Lipinski definition) is 1. The molecule has 1 aliphatic heterocycles. The number of rotatable bonds is 10. The molecule has 1 aliphatic rings. The van der Waals surface area contributed by atoms with Crippen LogP contribution in [0.2, 0.25) is 0 Å². The molecule has 1 fully saturated rings. The smallest absolute Gasteiger partial charge is 0.243 e. The Labute approximate surface area is 220 Å². The first-order valence-corrected chi connectivity index (χ1v) is 14.5. The predicted octanol–water partition coefficient (Wildman–Crippen LogP) is 4.94. The summed E-state index contributed by atoms with van der Waals surface area (Å²) in [6.07, 6.45) is 4.90. The van der Waals surface area contributed by atoms with Gasteiger partial charge in [0.05, 0.1) is 11.9 Å². The van der Waals surface area contributed by atoms with Gasteiger partial charge in [-0.3, -0.25) is 14.0 Å². The lowest BCUT2D eigenvalue weighted by Crippen LogP contribution is -2.47. The summed E-state index contributed by atoms with van der Waals surface area (Å²) < 4.78 is 32.3. The first-order chi connectivity index (χ1) is 17.8. The minimum Gasteiger partial charge on any atom is -0.457 e. The fraction of sp³-hybridized carbons (Fsp3) is 0.345. The van der Waals surface area contributed by atoms with E-state index in [0.29, 0.717) is 23.7 Å². The number of amides is 1. The van der Waals surface area contributed by atoms with E-state index >= 15 is 0 Å². The first-order valence-electron chi connectivity index (χ1n) is 12.7. The highest BCUT2D eigenvalue weighted by Gasteiger charge is 2.29. The Morgan fingerprint density at radius 2 is 1.57 bits per heavy atom. The maximum Gasteiger partial charge on any atom is 0.243 e. The lowest BCUT2D eigenvalue weighted by molar-refractivity contribution is -0.122. The van der Waals surface area contributed by atoms with E-state index < -0.39 is 16.1 Å². The zero-order valence-electron chi connectivity index (χ0n) is 21.5. The third-order valence-electron chi connectivity index (χ3n) is 6.47. The molecule has 196 valence electrons. The molecule has 8 heteroatoms. The van der Waals surface area contributed by atoms with Crippen LogP contribution in [0.1, 0.15) is 37.3 Å². The Hall–Kier alpha value is -3.36. The number of para-hydroxylation sites is 1. The molecule has 3 aromatic rings. The van der Waals surface area contributed by atoms with Crippen molar-refractivity contribution in [3.63, 3.8) is 0 Å². The van der Waals surface area contributed by atoms with Gasteiger partial charge in [0.25, 0.3) is 0 Å². The van der Waals surface area contributed by atoms with E-state index in [1.807, 2.05) is 42.5 Å². The number of carbonyl (C=O) groups excluding carboxylic acids is 1. The highest BCUT2D eigenvalue weighted by atomic mass is 32.2. The van der Waals surface area contributed by atoms with Gasteiger partial charge in [0, 0.05) is 13.1 Å². The largest absolute Gasteiger partial charge is 0.457 e. The number of nitrogens with one attached hydrogen (secondary N) is 1. The van der Waals surface area contributed by atoms with E-state index in [4.69, 9.17) is 4.74 Å². The SMILES string of the molecule is CC(C(=O)NCc1cccc(CN2CCCCC2)c1)N(c1ccc(Oc2ccccc2)cc1)S(C)(=O)=O. The van der Waals surface area contributed by atoms with Gasteiger partial charge in [0.1, 0.15) is 17.5 Å². The van der Waals surface area contributed by atoms with Crippen molar-refractivity contribution in [3.8, 4) is 11.5 Å². The molecular formula is C29H35N3O4S. The third-order valence-corrected chi connectivity index (χ3v) is 7.71. The van der Waals surface area contributed by atoms with Crippen LogP contribution in [-0.4, -0.2) is 44.6 Å². The van der Waals surface area contributed by atoms with Crippen LogP contribution in [0.25, 0.3) is 0 Å². The van der Waals surface area contributed by atoms with Crippen LogP contribution in [0.4, 0.5) is 5.69 Å². The van der Waals surface area contributed by atoms with Crippen LogP contribution in [-0.2, 0) is 27.9 Å². The quantitative estimate of drug-likeness (QED) is 0.409. The van der Waals surface area contributed by atoms with E-state index in [-0.39, 0.29) is 5.91 Å². The van der Waals surface area contributed by atoms with Crippen molar-refractivity contribution in [1.82, 2.24) is 10.2 Å². The summed E-state index contributed by atoms with van der Waals surface area (Å²) in [6, 6.07) is 23.3. The minimum atomic E-state index is -3.71. The van der Waals surface area contributed by atoms with E-state index in [0.717, 1.165) is 35.8 Å². The second-order valence-corrected chi connectivity index (χ2v) is 11.4. The Morgan fingerprint density at radius 3 is 2.24 bits per heavy atom. The summed E-state index contributed by atoms with van der Waals surface area (Å²) >= 11 is 0. The average Bonchev–Trinajstić information content (AvgIpc) is 2.89. The molecular weight excluding hydrogens is 486 g/mol. The molecule has 37 heavy (non-hydrogen) atoms. The van der Waals surface area contributed by atoms with Gasteiger partial charge in [-0.1, -0.05) is 48.9 Å². The topological polar surface area (TPSA) is 79.0 Å². The lowest BCUT2D eigenvalue weighted by Gasteiger charge is -2.28. The minimum absolute atomic E-state index is 0.332. The van der Waals surface area contributed by atoms with E-state index in [2.05, 4.69) is 22.3 Å². The fourth-order valence-corrected chi connectivity index (χ4v) is 5.82. The number of anilines is 1. The number of piperidine rings is 1. The van der Waals surface area contributed by atoms with Crippen molar-refractivity contribution in [3.05, 3.63) is 90.0 Å². The standard InChI is InChI=1S/C29H35N3O4S/c1-23(29(33)30-21-24-10-9-11-25(20-24)22-31-18-7-4-8-19-31)32(37(2,34)35)26-14-16-28(17-15-26)36-27-12-5-3-6-13-27/h3,5-6,9-17,20,23H,4,7-8,18-19,21-22H2,1-2H3,(H,30,33). The third kappa shape index (κ3) is 7.57. The van der Waals surface area contributed by atoms with Crippen molar-refractivity contribution >= 4 is 21.6 Å². The van der Waals surface area contributed by atoms with Crippen molar-refractivity contribution in [2.24, 2.45) is 0 Å². The summed E-state index contributed by atoms with van der Waals surface area (Å²) in [6.45, 7) is 5.08. The average molecular weight is 522 g/mol. The molecule has 1 unspecified atom stereocenters. The van der Waals surface area contributed by atoms with Crippen molar-refractivity contribution < 1.29 is 17.9 Å². The zero-order chi connectivity index (χ0) is 26.3. The Balaban J connectivity index is 1.40. The van der Waals surface area contributed by atoms with Gasteiger partial charge in [0.15, 0.2) is 0 Å². The van der Waals surface area contributed by atoms with Crippen LogP contribution in [0.15, 0.2) is 78.9 Å². The highest BCUT2D eigenvalue weighted by molar-refractivity contribution is 7.92. The molecule has 0 aliphatic carbocycles. The zero-order valence-corrected chi connectivity index (χ0v) is 22.3. The molecule has 7 nitrogen and oxygen atoms in total. The molecule has 1 atom stereocenters. The molecule has 1 N–H and O–H groups in total. The second kappa shape index (κ2) is 12.3. The van der Waals surface area contributed by atoms with Gasteiger partial charge >= 0.3 is 0 Å². The highest BCUT2D eigenvalue weighted by Crippen LogP contribution is 2.27. The molecule has 0 bridgehead atoms. The van der Waals surface area contributed by atoms with Crippen LogP contribution in [0.5, 0.6) is 11.5 Å². The van der Waals surface area contributed by atoms with E-state index in [1.165, 1.54) is 24.8 Å². The van der Waals surface area contributed by atoms with E-state index in [1.54, 1.807) is 31.2 Å². The summed E-state index contributed by atoms with van der Waals surface area (Å²) in [4.78, 5) is 15.5. The second-order valence-electron chi connectivity index (χ2n) is 9.52. The molecule has 0 aromatic heterocycles. The van der Waals surface area contributed by atoms with E-state index in [9.17, 15) is 13.2 Å². The maximum atomic E-state index is 13.0. The number of benzene rings is 3. The molecule has 4 rings (SSSR count). The maximum absolute atomic E-state index is 13.0. The van der Waals surface area contributed by atoms with Crippen molar-refractivity contribution in [2.75, 3.05) is 23.7 Å². The number of ether oxygens (including phenoxy) is 1. The first kappa shape index (κ1) is 26.7. The fourth-order valence-electron chi connectivity index (χ4n) is 4.65. The number of likely N-dealkylation sites (tertiary alicyclic amines) is 1. The number of carbonyl (C=O) groups is 1. The molecule has 1 saturated heterocycles. The molecule has 1 heterocycles. The summed E-state index contributed by atoms with van der Waals surface area (Å²) in [7, 11) is -3.71. The predicted molar refractivity (Wildman–Crippen MR) is 147 cm³/mol.